The fourth-order valence-electron chi connectivity index (χ4n) is 1.62. The van der Waals surface area contributed by atoms with Crippen molar-refractivity contribution in [1.82, 2.24) is 0 Å². The summed E-state index contributed by atoms with van der Waals surface area (Å²) in [5, 5.41) is 0. The normalized spacial score (nSPS) is 9.88. The van der Waals surface area contributed by atoms with Crippen LogP contribution in [0.1, 0.15) is 84.5 Å². The molecule has 0 saturated carbocycles. The maximum Gasteiger partial charge on any atom is 0.0223 e. The zero-order chi connectivity index (χ0) is 13.2. The van der Waals surface area contributed by atoms with E-state index in [-0.39, 0.29) is 0 Å². The van der Waals surface area contributed by atoms with E-state index in [1.54, 1.807) is 0 Å². The summed E-state index contributed by atoms with van der Waals surface area (Å²) in [7, 11) is 0. The third-order valence-electron chi connectivity index (χ3n) is 2.79. The minimum Gasteiger partial charge on any atom is -0.330 e. The van der Waals surface area contributed by atoms with Gasteiger partial charge in [-0.25, -0.2) is 0 Å². The number of alkyl halides is 1. The molecule has 2 N–H and O–H groups in total. The summed E-state index contributed by atoms with van der Waals surface area (Å²) in [6.07, 6.45) is 14.7. The Labute approximate surface area is 114 Å². The van der Waals surface area contributed by atoms with E-state index in [9.17, 15) is 0 Å². The lowest BCUT2D eigenvalue weighted by Gasteiger charge is -1.99. The summed E-state index contributed by atoms with van der Waals surface area (Å²) in [5.41, 5.74) is 5.39. The van der Waals surface area contributed by atoms with Gasteiger partial charge in [-0.05, 0) is 19.4 Å². The van der Waals surface area contributed by atoms with Gasteiger partial charge in [0.1, 0.15) is 0 Å². The quantitative estimate of drug-likeness (QED) is 0.387. The minimum absolute atomic E-state index is 0.827. The Kier molecular flexibility index (Phi) is 24.8. The Morgan fingerprint density at radius 3 is 1.41 bits per heavy atom. The summed E-state index contributed by atoms with van der Waals surface area (Å²) in [6, 6.07) is 0. The monoisotopic (exact) mass is 263 g/mol. The Morgan fingerprint density at radius 1 is 0.647 bits per heavy atom. The number of hydrogen-bond acceptors (Lipinski definition) is 1. The van der Waals surface area contributed by atoms with Crippen LogP contribution >= 0.6 is 11.6 Å². The second-order valence-corrected chi connectivity index (χ2v) is 5.04. The first-order valence-corrected chi connectivity index (χ1v) is 8.12. The van der Waals surface area contributed by atoms with Crippen molar-refractivity contribution in [3.63, 3.8) is 0 Å². The average molecular weight is 264 g/mol. The maximum absolute atomic E-state index is 5.39. The molecule has 0 heterocycles. The molecular formula is C15H34ClN. The Morgan fingerprint density at radius 2 is 1.06 bits per heavy atom. The molecule has 1 nitrogen and oxygen atoms in total. The molecule has 0 aromatic heterocycles. The molecule has 0 atom stereocenters. The van der Waals surface area contributed by atoms with Crippen LogP contribution in [-0.2, 0) is 0 Å². The lowest BCUT2D eigenvalue weighted by Crippen LogP contribution is -1.97. The van der Waals surface area contributed by atoms with E-state index in [2.05, 4.69) is 13.8 Å². The second-order valence-electron chi connectivity index (χ2n) is 4.66. The Hall–Kier alpha value is 0.250. The van der Waals surface area contributed by atoms with E-state index in [1.807, 2.05) is 0 Å². The molecule has 0 unspecified atom stereocenters. The Bertz CT molecular complexity index is 95.1. The smallest absolute Gasteiger partial charge is 0.0223 e. The number of halogens is 1. The SMILES string of the molecule is CCCCCCCCCCN.CCCCCCl. The third kappa shape index (κ3) is 26.1. The first-order chi connectivity index (χ1) is 8.33. The van der Waals surface area contributed by atoms with Crippen LogP contribution in [0, 0.1) is 0 Å². The predicted octanol–water partition coefficient (Wildman–Crippen LogP) is 5.50. The van der Waals surface area contributed by atoms with Gasteiger partial charge >= 0.3 is 0 Å². The number of hydrogen-bond donors (Lipinski definition) is 1. The van der Waals surface area contributed by atoms with Crippen LogP contribution in [0.3, 0.4) is 0 Å². The predicted molar refractivity (Wildman–Crippen MR) is 81.9 cm³/mol. The molecule has 0 saturated heterocycles. The van der Waals surface area contributed by atoms with Crippen molar-refractivity contribution in [2.24, 2.45) is 5.73 Å². The molecule has 2 heteroatoms. The minimum atomic E-state index is 0.827. The van der Waals surface area contributed by atoms with Crippen LogP contribution in [-0.4, -0.2) is 12.4 Å². The molecule has 0 spiro atoms. The van der Waals surface area contributed by atoms with Gasteiger partial charge in [0.05, 0.1) is 0 Å². The average Bonchev–Trinajstić information content (AvgIpc) is 2.36. The highest BCUT2D eigenvalue weighted by Gasteiger charge is 1.89. The van der Waals surface area contributed by atoms with E-state index in [4.69, 9.17) is 17.3 Å². The molecule has 0 amide bonds. The van der Waals surface area contributed by atoms with Gasteiger partial charge in [0.25, 0.3) is 0 Å². The fraction of sp³-hybridized carbons (Fsp3) is 1.00. The zero-order valence-electron chi connectivity index (χ0n) is 12.1. The maximum atomic E-state index is 5.39. The molecule has 0 aliphatic carbocycles. The Balaban J connectivity index is 0. The van der Waals surface area contributed by atoms with Crippen LogP contribution < -0.4 is 5.73 Å². The third-order valence-corrected chi connectivity index (χ3v) is 3.06. The van der Waals surface area contributed by atoms with Crippen LogP contribution in [0.15, 0.2) is 0 Å². The van der Waals surface area contributed by atoms with E-state index in [1.165, 1.54) is 70.6 Å². The highest BCUT2D eigenvalue weighted by Crippen LogP contribution is 2.07. The molecule has 0 radical (unpaired) electrons. The van der Waals surface area contributed by atoms with Crippen LogP contribution in [0.5, 0.6) is 0 Å². The summed E-state index contributed by atoms with van der Waals surface area (Å²) >= 11 is 5.38. The molecular weight excluding hydrogens is 230 g/mol. The van der Waals surface area contributed by atoms with E-state index >= 15 is 0 Å². The topological polar surface area (TPSA) is 26.0 Å². The van der Waals surface area contributed by atoms with Crippen molar-refractivity contribution >= 4 is 11.6 Å². The summed E-state index contributed by atoms with van der Waals surface area (Å²) < 4.78 is 0. The van der Waals surface area contributed by atoms with E-state index in [0.29, 0.717) is 0 Å². The number of rotatable bonds is 11. The molecule has 17 heavy (non-hydrogen) atoms. The highest BCUT2D eigenvalue weighted by molar-refractivity contribution is 6.17. The van der Waals surface area contributed by atoms with Crippen molar-refractivity contribution in [3.05, 3.63) is 0 Å². The van der Waals surface area contributed by atoms with Gasteiger partial charge in [-0.1, -0.05) is 71.6 Å². The molecule has 0 fully saturated rings. The fourth-order valence-corrected chi connectivity index (χ4v) is 1.81. The van der Waals surface area contributed by atoms with Crippen molar-refractivity contribution in [2.45, 2.75) is 84.5 Å². The molecule has 0 bridgehead atoms. The van der Waals surface area contributed by atoms with Crippen molar-refractivity contribution in [2.75, 3.05) is 12.4 Å². The first-order valence-electron chi connectivity index (χ1n) is 7.59. The summed E-state index contributed by atoms with van der Waals surface area (Å²) in [6.45, 7) is 5.30. The van der Waals surface area contributed by atoms with E-state index in [0.717, 1.165) is 12.4 Å². The first kappa shape index (κ1) is 19.6. The van der Waals surface area contributed by atoms with Gasteiger partial charge < -0.3 is 5.73 Å². The van der Waals surface area contributed by atoms with Gasteiger partial charge in [0.15, 0.2) is 0 Å². The summed E-state index contributed by atoms with van der Waals surface area (Å²) in [4.78, 5) is 0. The molecule has 0 aliphatic heterocycles. The van der Waals surface area contributed by atoms with Gasteiger partial charge in [0, 0.05) is 5.88 Å². The standard InChI is InChI=1S/C10H23N.C5H11Cl/c1-2-3-4-5-6-7-8-9-10-11;1-2-3-4-5-6/h2-11H2,1H3;2-5H2,1H3. The van der Waals surface area contributed by atoms with Crippen molar-refractivity contribution in [3.8, 4) is 0 Å². The lowest BCUT2D eigenvalue weighted by molar-refractivity contribution is 0.578. The molecule has 0 rings (SSSR count). The molecule has 106 valence electrons. The summed E-state index contributed by atoms with van der Waals surface area (Å²) in [5.74, 6) is 0.827. The zero-order valence-corrected chi connectivity index (χ0v) is 12.9. The van der Waals surface area contributed by atoms with Crippen molar-refractivity contribution < 1.29 is 0 Å². The molecule has 0 aliphatic rings. The van der Waals surface area contributed by atoms with Crippen LogP contribution in [0.25, 0.3) is 0 Å². The largest absolute Gasteiger partial charge is 0.330 e. The lowest BCUT2D eigenvalue weighted by atomic mass is 10.1. The van der Waals surface area contributed by atoms with E-state index < -0.39 is 0 Å². The second kappa shape index (κ2) is 21.5. The molecule has 0 aromatic carbocycles. The van der Waals surface area contributed by atoms with Gasteiger partial charge in [0.2, 0.25) is 0 Å². The van der Waals surface area contributed by atoms with Crippen molar-refractivity contribution in [1.29, 1.82) is 0 Å². The van der Waals surface area contributed by atoms with Gasteiger partial charge in [-0.2, -0.15) is 0 Å². The van der Waals surface area contributed by atoms with Gasteiger partial charge in [-0.3, -0.25) is 0 Å². The molecule has 0 aromatic rings. The van der Waals surface area contributed by atoms with Crippen LogP contribution in [0.4, 0.5) is 0 Å². The number of unbranched alkanes of at least 4 members (excludes halogenated alkanes) is 9. The number of nitrogens with two attached hydrogens (primary N) is 1. The van der Waals surface area contributed by atoms with Crippen LogP contribution in [0.2, 0.25) is 0 Å². The highest BCUT2D eigenvalue weighted by atomic mass is 35.5. The van der Waals surface area contributed by atoms with Gasteiger partial charge in [-0.15, -0.1) is 11.6 Å².